The molecule has 0 aromatic heterocycles. The number of nitrogens with one attached hydrogen (secondary N) is 1. The fourth-order valence-electron chi connectivity index (χ4n) is 2.20. The van der Waals surface area contributed by atoms with Gasteiger partial charge in [0.05, 0.1) is 6.04 Å². The molecule has 102 valence electrons. The second kappa shape index (κ2) is 6.71. The molecule has 0 bridgehead atoms. The zero-order chi connectivity index (χ0) is 14.4. The molecular weight excluding hydrogens is 246 g/mol. The molecule has 0 saturated carbocycles. The molecule has 2 heteroatoms. The van der Waals surface area contributed by atoms with Crippen molar-refractivity contribution in [1.82, 2.24) is 5.32 Å². The minimum atomic E-state index is -0.0323. The molecule has 1 N–H and O–H groups in total. The summed E-state index contributed by atoms with van der Waals surface area (Å²) in [6.07, 6.45) is 2.12. The molecular formula is C18H19NO. The van der Waals surface area contributed by atoms with Crippen molar-refractivity contribution in [2.75, 3.05) is 0 Å². The maximum atomic E-state index is 11.3. The van der Waals surface area contributed by atoms with Crippen LogP contribution in [0, 0.1) is 0 Å². The molecule has 0 unspecified atom stereocenters. The second-order valence-electron chi connectivity index (χ2n) is 4.80. The summed E-state index contributed by atoms with van der Waals surface area (Å²) in [4.78, 5) is 11.3. The summed E-state index contributed by atoms with van der Waals surface area (Å²) in [6, 6.07) is 20.2. The van der Waals surface area contributed by atoms with Crippen LogP contribution in [0.1, 0.15) is 25.0 Å². The van der Waals surface area contributed by atoms with Gasteiger partial charge in [-0.1, -0.05) is 60.7 Å². The Bertz CT molecular complexity index is 587. The first-order valence-corrected chi connectivity index (χ1v) is 6.76. The van der Waals surface area contributed by atoms with Crippen LogP contribution in [0.25, 0.3) is 11.6 Å². The van der Waals surface area contributed by atoms with Crippen LogP contribution in [0.3, 0.4) is 0 Å². The monoisotopic (exact) mass is 265 g/mol. The first-order chi connectivity index (χ1) is 9.66. The van der Waals surface area contributed by atoms with Gasteiger partial charge in [-0.25, -0.2) is 0 Å². The average molecular weight is 265 g/mol. The van der Waals surface area contributed by atoms with Gasteiger partial charge >= 0.3 is 0 Å². The lowest BCUT2D eigenvalue weighted by atomic mass is 9.97. The Morgan fingerprint density at radius 2 is 1.55 bits per heavy atom. The van der Waals surface area contributed by atoms with Gasteiger partial charge in [0.25, 0.3) is 0 Å². The van der Waals surface area contributed by atoms with Crippen molar-refractivity contribution in [1.29, 1.82) is 0 Å². The van der Waals surface area contributed by atoms with Crippen LogP contribution in [0.2, 0.25) is 0 Å². The molecule has 0 aliphatic rings. The van der Waals surface area contributed by atoms with Gasteiger partial charge in [0.2, 0.25) is 5.91 Å². The van der Waals surface area contributed by atoms with E-state index in [4.69, 9.17) is 0 Å². The van der Waals surface area contributed by atoms with Crippen LogP contribution in [0.4, 0.5) is 0 Å². The lowest BCUT2D eigenvalue weighted by Gasteiger charge is -2.17. The first kappa shape index (κ1) is 14.1. The summed E-state index contributed by atoms with van der Waals surface area (Å²) in [6.45, 7) is 3.55. The second-order valence-corrected chi connectivity index (χ2v) is 4.80. The highest BCUT2D eigenvalue weighted by Gasteiger charge is 2.11. The van der Waals surface area contributed by atoms with Gasteiger partial charge in [0.1, 0.15) is 0 Å². The van der Waals surface area contributed by atoms with Crippen molar-refractivity contribution < 1.29 is 4.79 Å². The van der Waals surface area contributed by atoms with Crippen LogP contribution in [-0.4, -0.2) is 11.9 Å². The third-order valence-electron chi connectivity index (χ3n) is 3.12. The molecule has 1 atom stereocenters. The SMILES string of the molecule is CC(=O)N[C@H](C)/C(=C/c1ccccc1)c1ccccc1. The van der Waals surface area contributed by atoms with Crippen LogP contribution >= 0.6 is 0 Å². The Kier molecular flexibility index (Phi) is 4.72. The minimum absolute atomic E-state index is 0.0209. The Morgan fingerprint density at radius 3 is 2.10 bits per heavy atom. The van der Waals surface area contributed by atoms with Gasteiger partial charge in [-0.2, -0.15) is 0 Å². The molecule has 0 aliphatic carbocycles. The molecule has 2 rings (SSSR count). The molecule has 2 aromatic rings. The third kappa shape index (κ3) is 3.82. The molecule has 0 saturated heterocycles. The topological polar surface area (TPSA) is 29.1 Å². The summed E-state index contributed by atoms with van der Waals surface area (Å²) in [5.74, 6) is -0.0209. The number of amides is 1. The zero-order valence-corrected chi connectivity index (χ0v) is 11.8. The summed E-state index contributed by atoms with van der Waals surface area (Å²) in [5.41, 5.74) is 3.35. The number of carbonyl (C=O) groups is 1. The Balaban J connectivity index is 2.39. The number of carbonyl (C=O) groups excluding carboxylic acids is 1. The average Bonchev–Trinajstić information content (AvgIpc) is 2.46. The van der Waals surface area contributed by atoms with E-state index in [2.05, 4.69) is 35.7 Å². The van der Waals surface area contributed by atoms with E-state index in [0.29, 0.717) is 0 Å². The van der Waals surface area contributed by atoms with E-state index in [1.807, 2.05) is 43.3 Å². The van der Waals surface area contributed by atoms with Crippen molar-refractivity contribution in [2.45, 2.75) is 19.9 Å². The maximum absolute atomic E-state index is 11.3. The highest BCUT2D eigenvalue weighted by Crippen LogP contribution is 2.21. The number of hydrogen-bond acceptors (Lipinski definition) is 1. The summed E-state index contributed by atoms with van der Waals surface area (Å²) < 4.78 is 0. The minimum Gasteiger partial charge on any atom is -0.350 e. The van der Waals surface area contributed by atoms with Crippen LogP contribution in [0.5, 0.6) is 0 Å². The number of rotatable bonds is 4. The van der Waals surface area contributed by atoms with E-state index < -0.39 is 0 Å². The smallest absolute Gasteiger partial charge is 0.217 e. The fourth-order valence-corrected chi connectivity index (χ4v) is 2.20. The number of hydrogen-bond donors (Lipinski definition) is 1. The van der Waals surface area contributed by atoms with E-state index >= 15 is 0 Å². The molecule has 0 fully saturated rings. The number of benzene rings is 2. The van der Waals surface area contributed by atoms with E-state index in [1.54, 1.807) is 6.92 Å². The van der Waals surface area contributed by atoms with Crippen LogP contribution in [-0.2, 0) is 4.79 Å². The molecule has 0 spiro atoms. The van der Waals surface area contributed by atoms with E-state index in [0.717, 1.165) is 16.7 Å². The highest BCUT2D eigenvalue weighted by molar-refractivity contribution is 5.86. The Hall–Kier alpha value is -2.35. The summed E-state index contributed by atoms with van der Waals surface area (Å²) in [7, 11) is 0. The normalized spacial score (nSPS) is 12.8. The molecule has 2 aromatic carbocycles. The van der Waals surface area contributed by atoms with Crippen molar-refractivity contribution in [3.63, 3.8) is 0 Å². The Morgan fingerprint density at radius 1 is 1.00 bits per heavy atom. The molecule has 0 radical (unpaired) electrons. The maximum Gasteiger partial charge on any atom is 0.217 e. The first-order valence-electron chi connectivity index (χ1n) is 6.76. The molecule has 1 amide bonds. The van der Waals surface area contributed by atoms with Crippen molar-refractivity contribution in [2.24, 2.45) is 0 Å². The van der Waals surface area contributed by atoms with Gasteiger partial charge in [0, 0.05) is 6.92 Å². The lowest BCUT2D eigenvalue weighted by Crippen LogP contribution is -2.31. The molecule has 20 heavy (non-hydrogen) atoms. The summed E-state index contributed by atoms with van der Waals surface area (Å²) >= 11 is 0. The fraction of sp³-hybridized carbons (Fsp3) is 0.167. The lowest BCUT2D eigenvalue weighted by molar-refractivity contribution is -0.119. The van der Waals surface area contributed by atoms with Gasteiger partial charge in [-0.05, 0) is 29.7 Å². The third-order valence-corrected chi connectivity index (χ3v) is 3.12. The van der Waals surface area contributed by atoms with E-state index in [1.165, 1.54) is 0 Å². The van der Waals surface area contributed by atoms with Crippen molar-refractivity contribution >= 4 is 17.6 Å². The van der Waals surface area contributed by atoms with Gasteiger partial charge in [-0.3, -0.25) is 4.79 Å². The van der Waals surface area contributed by atoms with Crippen LogP contribution < -0.4 is 5.32 Å². The van der Waals surface area contributed by atoms with Gasteiger partial charge in [-0.15, -0.1) is 0 Å². The molecule has 0 heterocycles. The predicted octanol–water partition coefficient (Wildman–Crippen LogP) is 3.75. The quantitative estimate of drug-likeness (QED) is 0.838. The van der Waals surface area contributed by atoms with Crippen molar-refractivity contribution in [3.8, 4) is 0 Å². The highest BCUT2D eigenvalue weighted by atomic mass is 16.1. The van der Waals surface area contributed by atoms with Crippen molar-refractivity contribution in [3.05, 3.63) is 71.8 Å². The summed E-state index contributed by atoms with van der Waals surface area (Å²) in [5, 5.41) is 2.95. The predicted molar refractivity (Wildman–Crippen MR) is 84.0 cm³/mol. The van der Waals surface area contributed by atoms with E-state index in [-0.39, 0.29) is 11.9 Å². The van der Waals surface area contributed by atoms with Gasteiger partial charge in [0.15, 0.2) is 0 Å². The van der Waals surface area contributed by atoms with E-state index in [9.17, 15) is 4.79 Å². The van der Waals surface area contributed by atoms with Crippen LogP contribution in [0.15, 0.2) is 60.7 Å². The Labute approximate surface area is 120 Å². The van der Waals surface area contributed by atoms with Gasteiger partial charge < -0.3 is 5.32 Å². The largest absolute Gasteiger partial charge is 0.350 e. The standard InChI is InChI=1S/C18H19NO/c1-14(19-15(2)20)18(17-11-7-4-8-12-17)13-16-9-5-3-6-10-16/h3-14H,1-2H3,(H,19,20)/b18-13-/t14-/m1/s1. The zero-order valence-electron chi connectivity index (χ0n) is 11.8. The molecule has 0 aliphatic heterocycles. The molecule has 2 nitrogen and oxygen atoms in total.